The van der Waals surface area contributed by atoms with Crippen molar-refractivity contribution in [3.8, 4) is 11.3 Å². The fourth-order valence-electron chi connectivity index (χ4n) is 2.65. The Labute approximate surface area is 159 Å². The van der Waals surface area contributed by atoms with Gasteiger partial charge in [0.2, 0.25) is 5.91 Å². The summed E-state index contributed by atoms with van der Waals surface area (Å²) >= 11 is 3.49. The maximum Gasteiger partial charge on any atom is 0.220 e. The second-order valence-electron chi connectivity index (χ2n) is 5.91. The lowest BCUT2D eigenvalue weighted by atomic mass is 10.1. The molecule has 1 atom stereocenters. The first-order chi connectivity index (χ1) is 12.5. The van der Waals surface area contributed by atoms with Gasteiger partial charge in [0.05, 0.1) is 17.8 Å². The first kappa shape index (κ1) is 18.3. The average Bonchev–Trinajstić information content (AvgIpc) is 3.09. The van der Waals surface area contributed by atoms with Crippen molar-refractivity contribution in [2.75, 3.05) is 0 Å². The lowest BCUT2D eigenvalue weighted by Crippen LogP contribution is -2.27. The minimum Gasteiger partial charge on any atom is -0.441 e. The third-order valence-electron chi connectivity index (χ3n) is 4.01. The summed E-state index contributed by atoms with van der Waals surface area (Å²) in [6.07, 6.45) is 2.07. The van der Waals surface area contributed by atoms with Crippen LogP contribution in [0.1, 0.15) is 30.8 Å². The minimum absolute atomic E-state index is 0.0982. The molecule has 26 heavy (non-hydrogen) atoms. The Morgan fingerprint density at radius 3 is 2.73 bits per heavy atom. The van der Waals surface area contributed by atoms with Crippen molar-refractivity contribution in [3.05, 3.63) is 76.5 Å². The zero-order valence-corrected chi connectivity index (χ0v) is 15.8. The average molecular weight is 417 g/mol. The fraction of sp³-hybridized carbons (Fsp3) is 0.200. The third kappa shape index (κ3) is 4.38. The number of hydrogen-bond donors (Lipinski definition) is 1. The molecular formula is C20H18BrFN2O2. The standard InChI is InChI=1S/C20H18BrFN2O2/c1-13(14-6-2-4-8-16(14)21)24-19(25)10-11-20-23-12-18(26-20)15-7-3-5-9-17(15)22/h2-9,12-13H,10-11H2,1H3,(H,24,25). The SMILES string of the molecule is CC(NC(=O)CCc1ncc(-c2ccccc2F)o1)c1ccccc1Br. The number of halogens is 2. The van der Waals surface area contributed by atoms with E-state index in [9.17, 15) is 9.18 Å². The Kier molecular flexibility index (Phi) is 5.83. The van der Waals surface area contributed by atoms with E-state index in [2.05, 4.69) is 26.2 Å². The lowest BCUT2D eigenvalue weighted by Gasteiger charge is -2.15. The van der Waals surface area contributed by atoms with Gasteiger partial charge in [-0.1, -0.05) is 46.3 Å². The zero-order chi connectivity index (χ0) is 18.5. The van der Waals surface area contributed by atoms with E-state index in [1.54, 1.807) is 18.2 Å². The Bertz CT molecular complexity index is 910. The van der Waals surface area contributed by atoms with Crippen molar-refractivity contribution >= 4 is 21.8 Å². The van der Waals surface area contributed by atoms with E-state index in [-0.39, 0.29) is 24.2 Å². The number of hydrogen-bond acceptors (Lipinski definition) is 3. The first-order valence-corrected chi connectivity index (χ1v) is 9.07. The van der Waals surface area contributed by atoms with Crippen LogP contribution in [0.5, 0.6) is 0 Å². The highest BCUT2D eigenvalue weighted by atomic mass is 79.9. The number of nitrogens with one attached hydrogen (secondary N) is 1. The summed E-state index contributed by atoms with van der Waals surface area (Å²) in [6, 6.07) is 14.0. The summed E-state index contributed by atoms with van der Waals surface area (Å²) < 4.78 is 20.3. The van der Waals surface area contributed by atoms with Crippen LogP contribution >= 0.6 is 15.9 Å². The van der Waals surface area contributed by atoms with Crippen LogP contribution in [0.4, 0.5) is 4.39 Å². The Balaban J connectivity index is 1.57. The molecule has 4 nitrogen and oxygen atoms in total. The van der Waals surface area contributed by atoms with Crippen LogP contribution in [0.15, 0.2) is 63.6 Å². The summed E-state index contributed by atoms with van der Waals surface area (Å²) in [5.74, 6) is 0.307. The van der Waals surface area contributed by atoms with Gasteiger partial charge in [0.1, 0.15) is 5.82 Å². The molecule has 1 aromatic heterocycles. The monoisotopic (exact) mass is 416 g/mol. The van der Waals surface area contributed by atoms with Gasteiger partial charge < -0.3 is 9.73 Å². The number of amides is 1. The number of carbonyl (C=O) groups is 1. The molecule has 3 aromatic rings. The molecule has 0 bridgehead atoms. The van der Waals surface area contributed by atoms with Crippen LogP contribution < -0.4 is 5.32 Å². The minimum atomic E-state index is -0.366. The van der Waals surface area contributed by atoms with Gasteiger partial charge in [-0.3, -0.25) is 4.79 Å². The lowest BCUT2D eigenvalue weighted by molar-refractivity contribution is -0.121. The summed E-state index contributed by atoms with van der Waals surface area (Å²) in [5, 5.41) is 2.96. The number of aryl methyl sites for hydroxylation is 1. The van der Waals surface area contributed by atoms with Gasteiger partial charge in [-0.2, -0.15) is 0 Å². The number of benzene rings is 2. The highest BCUT2D eigenvalue weighted by Gasteiger charge is 2.14. The van der Waals surface area contributed by atoms with Gasteiger partial charge in [0.15, 0.2) is 11.7 Å². The Morgan fingerprint density at radius 2 is 1.96 bits per heavy atom. The van der Waals surface area contributed by atoms with Gasteiger partial charge >= 0.3 is 0 Å². The van der Waals surface area contributed by atoms with Crippen molar-refractivity contribution in [1.82, 2.24) is 10.3 Å². The number of rotatable bonds is 6. The van der Waals surface area contributed by atoms with Gasteiger partial charge in [0, 0.05) is 17.3 Å². The predicted molar refractivity (Wildman–Crippen MR) is 101 cm³/mol. The molecule has 134 valence electrons. The molecule has 0 aliphatic rings. The molecule has 6 heteroatoms. The molecule has 0 spiro atoms. The molecule has 0 aliphatic carbocycles. The molecule has 1 amide bonds. The van der Waals surface area contributed by atoms with E-state index in [4.69, 9.17) is 4.42 Å². The first-order valence-electron chi connectivity index (χ1n) is 8.28. The summed E-state index contributed by atoms with van der Waals surface area (Å²) in [7, 11) is 0. The van der Waals surface area contributed by atoms with E-state index in [0.717, 1.165) is 10.0 Å². The predicted octanol–water partition coefficient (Wildman–Crippen LogP) is 5.05. The summed E-state index contributed by atoms with van der Waals surface area (Å²) in [4.78, 5) is 16.3. The van der Waals surface area contributed by atoms with E-state index < -0.39 is 0 Å². The number of nitrogens with zero attached hydrogens (tertiary/aromatic N) is 1. The van der Waals surface area contributed by atoms with Crippen molar-refractivity contribution in [1.29, 1.82) is 0 Å². The molecule has 0 aliphatic heterocycles. The quantitative estimate of drug-likeness (QED) is 0.611. The fourth-order valence-corrected chi connectivity index (χ4v) is 3.28. The molecule has 0 radical (unpaired) electrons. The molecule has 1 unspecified atom stereocenters. The molecule has 2 aromatic carbocycles. The molecule has 0 saturated carbocycles. The molecule has 0 fully saturated rings. The van der Waals surface area contributed by atoms with Gasteiger partial charge in [-0.05, 0) is 30.7 Å². The highest BCUT2D eigenvalue weighted by Crippen LogP contribution is 2.24. The van der Waals surface area contributed by atoms with Crippen LogP contribution in [-0.2, 0) is 11.2 Å². The van der Waals surface area contributed by atoms with Crippen LogP contribution in [-0.4, -0.2) is 10.9 Å². The topological polar surface area (TPSA) is 55.1 Å². The Hall–Kier alpha value is -2.47. The van der Waals surface area contributed by atoms with E-state index in [1.807, 2.05) is 31.2 Å². The largest absolute Gasteiger partial charge is 0.441 e. The van der Waals surface area contributed by atoms with Crippen molar-refractivity contribution in [3.63, 3.8) is 0 Å². The van der Waals surface area contributed by atoms with E-state index >= 15 is 0 Å². The van der Waals surface area contributed by atoms with Gasteiger partial charge in [-0.25, -0.2) is 9.37 Å². The van der Waals surface area contributed by atoms with Crippen LogP contribution in [0.2, 0.25) is 0 Å². The number of aromatic nitrogens is 1. The third-order valence-corrected chi connectivity index (χ3v) is 4.73. The smallest absolute Gasteiger partial charge is 0.220 e. The van der Waals surface area contributed by atoms with Crippen LogP contribution in [0.3, 0.4) is 0 Å². The number of carbonyl (C=O) groups excluding carboxylic acids is 1. The van der Waals surface area contributed by atoms with Crippen molar-refractivity contribution in [2.45, 2.75) is 25.8 Å². The highest BCUT2D eigenvalue weighted by molar-refractivity contribution is 9.10. The number of oxazole rings is 1. The van der Waals surface area contributed by atoms with E-state index in [1.165, 1.54) is 12.3 Å². The second kappa shape index (κ2) is 8.27. The summed E-state index contributed by atoms with van der Waals surface area (Å²) in [5.41, 5.74) is 1.37. The molecular weight excluding hydrogens is 399 g/mol. The maximum atomic E-state index is 13.8. The van der Waals surface area contributed by atoms with Crippen LogP contribution in [0, 0.1) is 5.82 Å². The van der Waals surface area contributed by atoms with Gasteiger partial charge in [-0.15, -0.1) is 0 Å². The maximum absolute atomic E-state index is 13.8. The Morgan fingerprint density at radius 1 is 1.23 bits per heavy atom. The molecule has 1 N–H and O–H groups in total. The second-order valence-corrected chi connectivity index (χ2v) is 6.76. The van der Waals surface area contributed by atoms with Gasteiger partial charge in [0.25, 0.3) is 0 Å². The summed E-state index contributed by atoms with van der Waals surface area (Å²) in [6.45, 7) is 1.93. The molecule has 3 rings (SSSR count). The van der Waals surface area contributed by atoms with E-state index in [0.29, 0.717) is 23.6 Å². The molecule has 1 heterocycles. The van der Waals surface area contributed by atoms with Crippen molar-refractivity contribution in [2.24, 2.45) is 0 Å². The van der Waals surface area contributed by atoms with Crippen LogP contribution in [0.25, 0.3) is 11.3 Å². The zero-order valence-electron chi connectivity index (χ0n) is 14.2. The van der Waals surface area contributed by atoms with Crippen molar-refractivity contribution < 1.29 is 13.6 Å². The normalized spacial score (nSPS) is 12.0. The molecule has 0 saturated heterocycles.